The number of hydrogen-bond donors (Lipinski definition) is 2. The number of nitrogens with zero attached hydrogens (tertiary/aromatic N) is 5. The maximum absolute atomic E-state index is 13.1. The Hall–Kier alpha value is -3.38. The number of nitrogens with two attached hydrogens (primary N) is 1. The molecular weight excluding hydrogens is 428 g/mol. The number of anilines is 2. The zero-order chi connectivity index (χ0) is 22.4. The van der Waals surface area contributed by atoms with Crippen molar-refractivity contribution in [3.05, 3.63) is 47.5 Å². The number of hydrogen-bond acceptors (Lipinski definition) is 6. The van der Waals surface area contributed by atoms with Gasteiger partial charge in [0, 0.05) is 24.3 Å². The lowest BCUT2D eigenvalue weighted by molar-refractivity contribution is -0.145. The van der Waals surface area contributed by atoms with Crippen LogP contribution in [0.15, 0.2) is 30.5 Å². The third-order valence-corrected chi connectivity index (χ3v) is 4.53. The Labute approximate surface area is 171 Å². The summed E-state index contributed by atoms with van der Waals surface area (Å²) < 4.78 is 79.0. The van der Waals surface area contributed by atoms with Crippen LogP contribution in [-0.4, -0.2) is 24.5 Å². The third kappa shape index (κ3) is 4.70. The van der Waals surface area contributed by atoms with E-state index in [1.165, 1.54) is 4.57 Å². The van der Waals surface area contributed by atoms with Crippen molar-refractivity contribution in [2.24, 2.45) is 0 Å². The van der Waals surface area contributed by atoms with Gasteiger partial charge in [0.2, 0.25) is 17.7 Å². The number of benzene rings is 1. The Kier molecular flexibility index (Phi) is 4.98. The largest absolute Gasteiger partial charge is 0.451 e. The van der Waals surface area contributed by atoms with Gasteiger partial charge in [0.05, 0.1) is 0 Å². The smallest absolute Gasteiger partial charge is 0.368 e. The van der Waals surface area contributed by atoms with Gasteiger partial charge in [0.15, 0.2) is 5.69 Å². The zero-order valence-electron chi connectivity index (χ0n) is 15.7. The Bertz CT molecular complexity index is 1080. The van der Waals surface area contributed by atoms with Crippen LogP contribution in [-0.2, 0) is 18.9 Å². The van der Waals surface area contributed by atoms with Crippen LogP contribution < -0.4 is 11.1 Å². The van der Waals surface area contributed by atoms with E-state index >= 15 is 0 Å². The summed E-state index contributed by atoms with van der Waals surface area (Å²) in [7, 11) is 0. The van der Waals surface area contributed by atoms with Crippen molar-refractivity contribution in [1.29, 1.82) is 0 Å². The van der Waals surface area contributed by atoms with Crippen molar-refractivity contribution < 1.29 is 26.3 Å². The summed E-state index contributed by atoms with van der Waals surface area (Å²) in [6, 6.07) is 6.44. The number of imidazole rings is 1. The summed E-state index contributed by atoms with van der Waals surface area (Å²) in [5, 5.41) is 2.63. The number of aromatic nitrogens is 5. The quantitative estimate of drug-likeness (QED) is 0.571. The van der Waals surface area contributed by atoms with Crippen LogP contribution >= 0.6 is 0 Å². The first-order valence-corrected chi connectivity index (χ1v) is 9.09. The maximum atomic E-state index is 13.1. The second-order valence-electron chi connectivity index (χ2n) is 6.98. The van der Waals surface area contributed by atoms with Crippen LogP contribution in [0.2, 0.25) is 0 Å². The van der Waals surface area contributed by atoms with Crippen LogP contribution in [0, 0.1) is 0 Å². The van der Waals surface area contributed by atoms with E-state index in [1.807, 2.05) is 0 Å². The first-order valence-electron chi connectivity index (χ1n) is 9.09. The van der Waals surface area contributed by atoms with Gasteiger partial charge in [-0.15, -0.1) is 0 Å². The van der Waals surface area contributed by atoms with Crippen LogP contribution in [0.25, 0.3) is 11.4 Å². The van der Waals surface area contributed by atoms with Gasteiger partial charge in [-0.2, -0.15) is 41.3 Å². The molecule has 1 aliphatic carbocycles. The number of alkyl halides is 6. The minimum atomic E-state index is -4.77. The first-order chi connectivity index (χ1) is 14.5. The van der Waals surface area contributed by atoms with Crippen LogP contribution in [0.4, 0.5) is 38.2 Å². The fourth-order valence-corrected chi connectivity index (χ4v) is 2.93. The molecule has 7 nitrogen and oxygen atoms in total. The molecule has 1 fully saturated rings. The highest BCUT2D eigenvalue weighted by Gasteiger charge is 2.37. The summed E-state index contributed by atoms with van der Waals surface area (Å²) in [4.78, 5) is 13.7. The van der Waals surface area contributed by atoms with E-state index in [0.29, 0.717) is 11.1 Å². The molecule has 164 valence electrons. The molecule has 0 atom stereocenters. The molecule has 0 saturated heterocycles. The predicted octanol–water partition coefficient (Wildman–Crippen LogP) is 4.30. The summed E-state index contributed by atoms with van der Waals surface area (Å²) in [6.45, 7) is 0.0614. The number of nitrogen functional groups attached to an aromatic ring is 1. The van der Waals surface area contributed by atoms with Crippen LogP contribution in [0.3, 0.4) is 0 Å². The van der Waals surface area contributed by atoms with Crippen LogP contribution in [0.1, 0.15) is 36.0 Å². The average molecular weight is 443 g/mol. The topological polar surface area (TPSA) is 94.5 Å². The van der Waals surface area contributed by atoms with E-state index in [-0.39, 0.29) is 24.4 Å². The molecule has 2 aromatic heterocycles. The van der Waals surface area contributed by atoms with Gasteiger partial charge in [-0.3, -0.25) is 0 Å². The molecule has 3 aromatic rings. The molecule has 1 aromatic carbocycles. The van der Waals surface area contributed by atoms with Gasteiger partial charge in [-0.25, -0.2) is 4.98 Å². The average Bonchev–Trinajstić information content (AvgIpc) is 3.42. The van der Waals surface area contributed by atoms with Crippen molar-refractivity contribution in [3.63, 3.8) is 0 Å². The van der Waals surface area contributed by atoms with E-state index in [1.54, 1.807) is 24.3 Å². The number of nitrogens with one attached hydrogen (secondary N) is 1. The summed E-state index contributed by atoms with van der Waals surface area (Å²) in [5.74, 6) is -2.12. The SMILES string of the molecule is Nc1nc(NCc2ccc(-c3nc(C(F)(F)F)cn3C3CC3)cc2)nc(C(F)(F)F)n1. The third-order valence-electron chi connectivity index (χ3n) is 4.53. The summed E-state index contributed by atoms with van der Waals surface area (Å²) in [6.07, 6.45) is -6.71. The van der Waals surface area contributed by atoms with Crippen molar-refractivity contribution in [3.8, 4) is 11.4 Å². The normalized spacial score (nSPS) is 14.6. The van der Waals surface area contributed by atoms with Crippen molar-refractivity contribution in [2.45, 2.75) is 37.8 Å². The van der Waals surface area contributed by atoms with E-state index in [0.717, 1.165) is 19.0 Å². The van der Waals surface area contributed by atoms with E-state index in [4.69, 9.17) is 5.73 Å². The molecule has 13 heteroatoms. The highest BCUT2D eigenvalue weighted by atomic mass is 19.4. The standard InChI is InChI=1S/C18H15F6N7/c19-17(20,21)12-8-31(11-5-6-11)13(27-12)10-3-1-9(2-4-10)7-26-16-29-14(18(22,23)24)28-15(25)30-16/h1-4,8,11H,5-7H2,(H3,25,26,28,29,30). The predicted molar refractivity (Wildman–Crippen MR) is 97.5 cm³/mol. The second kappa shape index (κ2) is 7.39. The lowest BCUT2D eigenvalue weighted by Crippen LogP contribution is -2.16. The Morgan fingerprint density at radius 1 is 0.935 bits per heavy atom. The molecule has 0 unspecified atom stereocenters. The Morgan fingerprint density at radius 2 is 1.61 bits per heavy atom. The first kappa shape index (κ1) is 20.9. The molecule has 0 amide bonds. The van der Waals surface area contributed by atoms with Crippen LogP contribution in [0.5, 0.6) is 0 Å². The maximum Gasteiger partial charge on any atom is 0.451 e. The second-order valence-corrected chi connectivity index (χ2v) is 6.98. The van der Waals surface area contributed by atoms with Gasteiger partial charge in [-0.05, 0) is 18.4 Å². The molecule has 0 bridgehead atoms. The summed E-state index contributed by atoms with van der Waals surface area (Å²) >= 11 is 0. The molecule has 1 aliphatic rings. The fourth-order valence-electron chi connectivity index (χ4n) is 2.93. The lowest BCUT2D eigenvalue weighted by Gasteiger charge is -2.10. The van der Waals surface area contributed by atoms with Gasteiger partial charge in [0.1, 0.15) is 5.82 Å². The van der Waals surface area contributed by atoms with Gasteiger partial charge in [0.25, 0.3) is 0 Å². The fraction of sp³-hybridized carbons (Fsp3) is 0.333. The minimum Gasteiger partial charge on any atom is -0.368 e. The van der Waals surface area contributed by atoms with Crippen molar-refractivity contribution in [1.82, 2.24) is 24.5 Å². The van der Waals surface area contributed by atoms with E-state index < -0.39 is 29.8 Å². The molecule has 0 spiro atoms. The molecule has 31 heavy (non-hydrogen) atoms. The number of halogens is 6. The van der Waals surface area contributed by atoms with E-state index in [9.17, 15) is 26.3 Å². The monoisotopic (exact) mass is 443 g/mol. The van der Waals surface area contributed by atoms with Gasteiger partial charge in [-0.1, -0.05) is 24.3 Å². The van der Waals surface area contributed by atoms with Gasteiger partial charge >= 0.3 is 12.4 Å². The van der Waals surface area contributed by atoms with E-state index in [2.05, 4.69) is 25.3 Å². The Balaban J connectivity index is 1.51. The molecule has 3 N–H and O–H groups in total. The number of rotatable bonds is 5. The molecule has 0 radical (unpaired) electrons. The zero-order valence-corrected chi connectivity index (χ0v) is 15.7. The van der Waals surface area contributed by atoms with Crippen molar-refractivity contribution >= 4 is 11.9 Å². The van der Waals surface area contributed by atoms with Crippen molar-refractivity contribution in [2.75, 3.05) is 11.1 Å². The molecule has 2 heterocycles. The Morgan fingerprint density at radius 3 is 2.19 bits per heavy atom. The molecule has 0 aliphatic heterocycles. The lowest BCUT2D eigenvalue weighted by atomic mass is 10.1. The molecular formula is C18H15F6N7. The highest BCUT2D eigenvalue weighted by molar-refractivity contribution is 5.57. The highest BCUT2D eigenvalue weighted by Crippen LogP contribution is 2.40. The molecule has 4 rings (SSSR count). The molecule has 1 saturated carbocycles. The van der Waals surface area contributed by atoms with Gasteiger partial charge < -0.3 is 15.6 Å². The summed E-state index contributed by atoms with van der Waals surface area (Å²) in [5.41, 5.74) is 5.47. The minimum absolute atomic E-state index is 0.00271.